The van der Waals surface area contributed by atoms with E-state index in [-0.39, 0.29) is 17.2 Å². The molecule has 2 aromatic carbocycles. The Kier molecular flexibility index (Phi) is 4.42. The molecule has 21 heavy (non-hydrogen) atoms. The highest BCUT2D eigenvalue weighted by molar-refractivity contribution is 6.06. The molecule has 2 aromatic rings. The summed E-state index contributed by atoms with van der Waals surface area (Å²) in [5.74, 6) is -0.741. The van der Waals surface area contributed by atoms with Gasteiger partial charge in [-0.15, -0.1) is 0 Å². The SMILES string of the molecule is CCN(C(=O)c1ccc(OC)c(F)c1)c1cccc(N)c1. The molecule has 0 aliphatic carbocycles. The summed E-state index contributed by atoms with van der Waals surface area (Å²) >= 11 is 0. The van der Waals surface area contributed by atoms with Gasteiger partial charge in [0.15, 0.2) is 11.6 Å². The fourth-order valence-corrected chi connectivity index (χ4v) is 2.09. The number of carbonyl (C=O) groups is 1. The molecule has 0 bridgehead atoms. The Morgan fingerprint density at radius 2 is 2.05 bits per heavy atom. The Morgan fingerprint density at radius 1 is 1.29 bits per heavy atom. The number of rotatable bonds is 4. The lowest BCUT2D eigenvalue weighted by Gasteiger charge is -2.21. The van der Waals surface area contributed by atoms with E-state index in [2.05, 4.69) is 0 Å². The summed E-state index contributed by atoms with van der Waals surface area (Å²) in [5, 5.41) is 0. The largest absolute Gasteiger partial charge is 0.494 e. The highest BCUT2D eigenvalue weighted by Gasteiger charge is 2.18. The zero-order valence-corrected chi connectivity index (χ0v) is 12.0. The second kappa shape index (κ2) is 6.26. The first-order valence-corrected chi connectivity index (χ1v) is 6.57. The van der Waals surface area contributed by atoms with E-state index >= 15 is 0 Å². The lowest BCUT2D eigenvalue weighted by molar-refractivity contribution is 0.0988. The third-order valence-corrected chi connectivity index (χ3v) is 3.14. The van der Waals surface area contributed by atoms with Crippen molar-refractivity contribution in [2.75, 3.05) is 24.3 Å². The van der Waals surface area contributed by atoms with E-state index in [4.69, 9.17) is 10.5 Å². The van der Waals surface area contributed by atoms with E-state index in [1.807, 2.05) is 6.92 Å². The van der Waals surface area contributed by atoms with Crippen molar-refractivity contribution in [2.24, 2.45) is 0 Å². The number of carbonyl (C=O) groups excluding carboxylic acids is 1. The topological polar surface area (TPSA) is 55.6 Å². The minimum atomic E-state index is -0.563. The van der Waals surface area contributed by atoms with Crippen LogP contribution in [0, 0.1) is 5.82 Å². The minimum Gasteiger partial charge on any atom is -0.494 e. The number of anilines is 2. The lowest BCUT2D eigenvalue weighted by atomic mass is 10.1. The molecule has 0 fully saturated rings. The Balaban J connectivity index is 2.34. The predicted molar refractivity (Wildman–Crippen MR) is 81.2 cm³/mol. The van der Waals surface area contributed by atoms with E-state index in [1.54, 1.807) is 30.3 Å². The van der Waals surface area contributed by atoms with Crippen LogP contribution in [0.1, 0.15) is 17.3 Å². The fourth-order valence-electron chi connectivity index (χ4n) is 2.09. The maximum Gasteiger partial charge on any atom is 0.258 e. The van der Waals surface area contributed by atoms with E-state index < -0.39 is 5.82 Å². The molecule has 0 radical (unpaired) electrons. The molecule has 0 aromatic heterocycles. The highest BCUT2D eigenvalue weighted by atomic mass is 19.1. The van der Waals surface area contributed by atoms with Crippen LogP contribution in [0.2, 0.25) is 0 Å². The smallest absolute Gasteiger partial charge is 0.258 e. The molecular formula is C16H17FN2O2. The number of nitrogens with two attached hydrogens (primary N) is 1. The van der Waals surface area contributed by atoms with Gasteiger partial charge in [0.05, 0.1) is 7.11 Å². The third kappa shape index (κ3) is 3.13. The standard InChI is InChI=1S/C16H17FN2O2/c1-3-19(13-6-4-5-12(18)10-13)16(20)11-7-8-15(21-2)14(17)9-11/h4-10H,3,18H2,1-2H3. The van der Waals surface area contributed by atoms with Crippen molar-refractivity contribution in [3.8, 4) is 5.75 Å². The molecule has 5 heteroatoms. The van der Waals surface area contributed by atoms with Crippen molar-refractivity contribution in [3.05, 3.63) is 53.8 Å². The van der Waals surface area contributed by atoms with Gasteiger partial charge in [0.2, 0.25) is 0 Å². The number of hydrogen-bond donors (Lipinski definition) is 1. The van der Waals surface area contributed by atoms with E-state index in [0.29, 0.717) is 17.9 Å². The number of methoxy groups -OCH3 is 1. The quantitative estimate of drug-likeness (QED) is 0.880. The van der Waals surface area contributed by atoms with Crippen LogP contribution in [0.3, 0.4) is 0 Å². The summed E-state index contributed by atoms with van der Waals surface area (Å²) in [7, 11) is 1.38. The second-order valence-corrected chi connectivity index (χ2v) is 4.49. The van der Waals surface area contributed by atoms with Gasteiger partial charge < -0.3 is 15.4 Å². The maximum atomic E-state index is 13.7. The minimum absolute atomic E-state index is 0.110. The first-order chi connectivity index (χ1) is 10.1. The van der Waals surface area contributed by atoms with Gasteiger partial charge in [-0.1, -0.05) is 6.07 Å². The van der Waals surface area contributed by atoms with Crippen LogP contribution in [0.4, 0.5) is 15.8 Å². The van der Waals surface area contributed by atoms with Gasteiger partial charge in [0.1, 0.15) is 0 Å². The molecular weight excluding hydrogens is 271 g/mol. The predicted octanol–water partition coefficient (Wildman–Crippen LogP) is 3.08. The van der Waals surface area contributed by atoms with Crippen molar-refractivity contribution in [3.63, 3.8) is 0 Å². The molecule has 0 atom stereocenters. The Hall–Kier alpha value is -2.56. The van der Waals surface area contributed by atoms with Gasteiger partial charge in [-0.2, -0.15) is 0 Å². The number of nitrogen functional groups attached to an aromatic ring is 1. The van der Waals surface area contributed by atoms with Crippen LogP contribution < -0.4 is 15.4 Å². The average molecular weight is 288 g/mol. The number of hydrogen-bond acceptors (Lipinski definition) is 3. The number of halogens is 1. The van der Waals surface area contributed by atoms with Gasteiger partial charge in [-0.25, -0.2) is 4.39 Å². The van der Waals surface area contributed by atoms with Gasteiger partial charge in [0.25, 0.3) is 5.91 Å². The highest BCUT2D eigenvalue weighted by Crippen LogP contribution is 2.22. The number of benzene rings is 2. The zero-order valence-electron chi connectivity index (χ0n) is 12.0. The first-order valence-electron chi connectivity index (χ1n) is 6.57. The Morgan fingerprint density at radius 3 is 2.62 bits per heavy atom. The van der Waals surface area contributed by atoms with Crippen LogP contribution >= 0.6 is 0 Å². The monoisotopic (exact) mass is 288 g/mol. The summed E-state index contributed by atoms with van der Waals surface area (Å²) in [6.07, 6.45) is 0. The summed E-state index contributed by atoms with van der Waals surface area (Å²) in [5.41, 5.74) is 7.25. The van der Waals surface area contributed by atoms with E-state index in [0.717, 1.165) is 0 Å². The van der Waals surface area contributed by atoms with Gasteiger partial charge in [-0.05, 0) is 43.3 Å². The Bertz CT molecular complexity index is 658. The molecule has 2 rings (SSSR count). The van der Waals surface area contributed by atoms with Crippen LogP contribution in [-0.2, 0) is 0 Å². The number of amides is 1. The molecule has 0 heterocycles. The molecule has 0 spiro atoms. The summed E-state index contributed by atoms with van der Waals surface area (Å²) in [4.78, 5) is 14.1. The molecule has 4 nitrogen and oxygen atoms in total. The number of nitrogens with zero attached hydrogens (tertiary/aromatic N) is 1. The average Bonchev–Trinajstić information content (AvgIpc) is 2.48. The van der Waals surface area contributed by atoms with E-state index in [1.165, 1.54) is 24.1 Å². The van der Waals surface area contributed by atoms with Crippen LogP contribution in [-0.4, -0.2) is 19.6 Å². The zero-order chi connectivity index (χ0) is 15.4. The first kappa shape index (κ1) is 14.8. The normalized spacial score (nSPS) is 10.2. The molecule has 0 aliphatic rings. The van der Waals surface area contributed by atoms with Crippen molar-refractivity contribution in [2.45, 2.75) is 6.92 Å². The van der Waals surface area contributed by atoms with Crippen molar-refractivity contribution in [1.82, 2.24) is 0 Å². The summed E-state index contributed by atoms with van der Waals surface area (Å²) in [6.45, 7) is 2.30. The van der Waals surface area contributed by atoms with Crippen LogP contribution in [0.15, 0.2) is 42.5 Å². The van der Waals surface area contributed by atoms with Crippen molar-refractivity contribution < 1.29 is 13.9 Å². The number of ether oxygens (including phenoxy) is 1. The second-order valence-electron chi connectivity index (χ2n) is 4.49. The fraction of sp³-hybridized carbons (Fsp3) is 0.188. The summed E-state index contributed by atoms with van der Waals surface area (Å²) < 4.78 is 18.6. The molecule has 0 unspecified atom stereocenters. The molecule has 0 saturated heterocycles. The Labute approximate surface area is 122 Å². The van der Waals surface area contributed by atoms with Gasteiger partial charge >= 0.3 is 0 Å². The van der Waals surface area contributed by atoms with Crippen LogP contribution in [0.25, 0.3) is 0 Å². The van der Waals surface area contributed by atoms with E-state index in [9.17, 15) is 9.18 Å². The van der Waals surface area contributed by atoms with Crippen molar-refractivity contribution in [1.29, 1.82) is 0 Å². The van der Waals surface area contributed by atoms with Gasteiger partial charge in [0, 0.05) is 23.5 Å². The van der Waals surface area contributed by atoms with Crippen molar-refractivity contribution >= 4 is 17.3 Å². The summed E-state index contributed by atoms with van der Waals surface area (Å²) in [6, 6.07) is 11.2. The molecule has 0 saturated carbocycles. The van der Waals surface area contributed by atoms with Crippen LogP contribution in [0.5, 0.6) is 5.75 Å². The molecule has 1 amide bonds. The molecule has 0 aliphatic heterocycles. The molecule has 110 valence electrons. The third-order valence-electron chi connectivity index (χ3n) is 3.14. The van der Waals surface area contributed by atoms with Gasteiger partial charge in [-0.3, -0.25) is 4.79 Å². The lowest BCUT2D eigenvalue weighted by Crippen LogP contribution is -2.30. The maximum absolute atomic E-state index is 13.7. The molecule has 2 N–H and O–H groups in total.